The number of aromatic nitrogens is 3. The first-order valence-electron chi connectivity index (χ1n) is 8.11. The van der Waals surface area contributed by atoms with Gasteiger partial charge >= 0.3 is 0 Å². The van der Waals surface area contributed by atoms with Gasteiger partial charge in [0.1, 0.15) is 17.3 Å². The van der Waals surface area contributed by atoms with Gasteiger partial charge < -0.3 is 10.2 Å². The number of para-hydroxylation sites is 1. The lowest BCUT2D eigenvalue weighted by molar-refractivity contribution is 0.0790. The number of benzene rings is 1. The Labute approximate surface area is 150 Å². The van der Waals surface area contributed by atoms with Crippen LogP contribution in [0.15, 0.2) is 61.2 Å². The molecule has 3 aromatic rings. The molecular formula is C19H18FN5O. The van der Waals surface area contributed by atoms with Gasteiger partial charge in [0.05, 0.1) is 18.1 Å². The predicted molar refractivity (Wildman–Crippen MR) is 96.6 cm³/mol. The highest BCUT2D eigenvalue weighted by molar-refractivity contribution is 5.91. The van der Waals surface area contributed by atoms with Crippen molar-refractivity contribution in [3.63, 3.8) is 0 Å². The van der Waals surface area contributed by atoms with Crippen LogP contribution in [0.5, 0.6) is 0 Å². The van der Waals surface area contributed by atoms with Crippen molar-refractivity contribution in [2.24, 2.45) is 0 Å². The Morgan fingerprint density at radius 3 is 2.58 bits per heavy atom. The molecule has 2 aromatic heterocycles. The summed E-state index contributed by atoms with van der Waals surface area (Å²) in [5.41, 5.74) is 1.65. The van der Waals surface area contributed by atoms with Crippen molar-refractivity contribution in [2.45, 2.75) is 6.42 Å². The van der Waals surface area contributed by atoms with Crippen LogP contribution in [0.4, 0.5) is 15.9 Å². The van der Waals surface area contributed by atoms with Crippen molar-refractivity contribution >= 4 is 17.4 Å². The Bertz CT molecular complexity index is 871. The fourth-order valence-electron chi connectivity index (χ4n) is 2.35. The minimum absolute atomic E-state index is 0.219. The summed E-state index contributed by atoms with van der Waals surface area (Å²) in [6.07, 6.45) is 6.98. The molecule has 7 heteroatoms. The fourth-order valence-corrected chi connectivity index (χ4v) is 2.35. The number of nitrogens with zero attached hydrogens (tertiary/aromatic N) is 4. The average molecular weight is 351 g/mol. The summed E-state index contributed by atoms with van der Waals surface area (Å²) in [5.74, 6) is -0.236. The van der Waals surface area contributed by atoms with Crippen LogP contribution in [-0.4, -0.2) is 39.4 Å². The lowest BCUT2D eigenvalue weighted by Gasteiger charge is -2.16. The zero-order chi connectivity index (χ0) is 18.4. The Morgan fingerprint density at radius 1 is 1.12 bits per heavy atom. The highest BCUT2D eigenvalue weighted by Gasteiger charge is 2.14. The molecule has 2 heterocycles. The SMILES string of the molecule is CN(CCc1ccncc1)C(=O)c1cnc(Nc2ccccc2F)cn1. The quantitative estimate of drug-likeness (QED) is 0.739. The van der Waals surface area contributed by atoms with Crippen LogP contribution in [0.2, 0.25) is 0 Å². The van der Waals surface area contributed by atoms with Gasteiger partial charge in [-0.3, -0.25) is 9.78 Å². The van der Waals surface area contributed by atoms with E-state index in [-0.39, 0.29) is 17.4 Å². The molecule has 0 fully saturated rings. The zero-order valence-corrected chi connectivity index (χ0v) is 14.3. The van der Waals surface area contributed by atoms with Gasteiger partial charge in [0, 0.05) is 26.0 Å². The first-order valence-corrected chi connectivity index (χ1v) is 8.11. The average Bonchev–Trinajstić information content (AvgIpc) is 2.69. The number of amides is 1. The number of hydrogen-bond acceptors (Lipinski definition) is 5. The summed E-state index contributed by atoms with van der Waals surface area (Å²) < 4.78 is 13.6. The topological polar surface area (TPSA) is 71.0 Å². The first kappa shape index (κ1) is 17.5. The van der Waals surface area contributed by atoms with Crippen molar-refractivity contribution in [3.8, 4) is 0 Å². The summed E-state index contributed by atoms with van der Waals surface area (Å²) in [6.45, 7) is 0.555. The summed E-state index contributed by atoms with van der Waals surface area (Å²) in [5, 5.41) is 2.83. The van der Waals surface area contributed by atoms with E-state index in [0.717, 1.165) is 12.0 Å². The largest absolute Gasteiger partial charge is 0.340 e. The molecule has 1 N–H and O–H groups in total. The van der Waals surface area contributed by atoms with Crippen LogP contribution in [0.1, 0.15) is 16.1 Å². The van der Waals surface area contributed by atoms with Crippen molar-refractivity contribution in [3.05, 3.63) is 78.3 Å². The summed E-state index contributed by atoms with van der Waals surface area (Å²) in [4.78, 5) is 26.3. The van der Waals surface area contributed by atoms with Gasteiger partial charge in [0.25, 0.3) is 5.91 Å². The zero-order valence-electron chi connectivity index (χ0n) is 14.3. The van der Waals surface area contributed by atoms with Gasteiger partial charge in [-0.2, -0.15) is 0 Å². The van der Waals surface area contributed by atoms with E-state index in [1.165, 1.54) is 18.5 Å². The van der Waals surface area contributed by atoms with Crippen LogP contribution in [0.3, 0.4) is 0 Å². The van der Waals surface area contributed by atoms with Gasteiger partial charge in [-0.1, -0.05) is 12.1 Å². The molecule has 0 unspecified atom stereocenters. The van der Waals surface area contributed by atoms with E-state index in [0.29, 0.717) is 18.1 Å². The number of rotatable bonds is 6. The molecule has 0 aliphatic carbocycles. The molecule has 0 radical (unpaired) electrons. The molecule has 0 aliphatic heterocycles. The number of likely N-dealkylation sites (N-methyl/N-ethyl adjacent to an activating group) is 1. The Morgan fingerprint density at radius 2 is 1.88 bits per heavy atom. The van der Waals surface area contributed by atoms with Crippen LogP contribution in [-0.2, 0) is 6.42 Å². The smallest absolute Gasteiger partial charge is 0.273 e. The van der Waals surface area contributed by atoms with E-state index >= 15 is 0 Å². The molecule has 0 saturated heterocycles. The maximum atomic E-state index is 13.6. The molecule has 26 heavy (non-hydrogen) atoms. The van der Waals surface area contributed by atoms with Gasteiger partial charge in [-0.05, 0) is 36.2 Å². The first-order chi connectivity index (χ1) is 12.6. The van der Waals surface area contributed by atoms with Gasteiger partial charge in [0.15, 0.2) is 0 Å². The third-order valence-electron chi connectivity index (χ3n) is 3.84. The highest BCUT2D eigenvalue weighted by Crippen LogP contribution is 2.17. The summed E-state index contributed by atoms with van der Waals surface area (Å²) in [6, 6.07) is 10.1. The van der Waals surface area contributed by atoms with Crippen LogP contribution in [0.25, 0.3) is 0 Å². The van der Waals surface area contributed by atoms with E-state index < -0.39 is 0 Å². The molecule has 0 aliphatic rings. The number of carbonyl (C=O) groups excluding carboxylic acids is 1. The predicted octanol–water partition coefficient (Wildman–Crippen LogP) is 3.07. The Balaban J connectivity index is 1.60. The van der Waals surface area contributed by atoms with Gasteiger partial charge in [-0.25, -0.2) is 14.4 Å². The summed E-state index contributed by atoms with van der Waals surface area (Å²) in [7, 11) is 1.72. The van der Waals surface area contributed by atoms with Crippen molar-refractivity contribution in [1.29, 1.82) is 0 Å². The molecule has 1 aromatic carbocycles. The number of nitrogens with one attached hydrogen (secondary N) is 1. The minimum atomic E-state index is -0.384. The van der Waals surface area contributed by atoms with Crippen molar-refractivity contribution in [1.82, 2.24) is 19.9 Å². The Hall–Kier alpha value is -3.35. The number of pyridine rings is 1. The maximum Gasteiger partial charge on any atom is 0.273 e. The lowest BCUT2D eigenvalue weighted by Crippen LogP contribution is -2.29. The van der Waals surface area contributed by atoms with Crippen LogP contribution in [0, 0.1) is 5.82 Å². The minimum Gasteiger partial charge on any atom is -0.340 e. The van der Waals surface area contributed by atoms with E-state index in [1.807, 2.05) is 12.1 Å². The summed E-state index contributed by atoms with van der Waals surface area (Å²) >= 11 is 0. The van der Waals surface area contributed by atoms with Gasteiger partial charge in [0.2, 0.25) is 0 Å². The molecular weight excluding hydrogens is 333 g/mol. The monoisotopic (exact) mass is 351 g/mol. The molecule has 6 nitrogen and oxygen atoms in total. The third-order valence-corrected chi connectivity index (χ3v) is 3.84. The maximum absolute atomic E-state index is 13.6. The van der Waals surface area contributed by atoms with E-state index in [4.69, 9.17) is 0 Å². The standard InChI is InChI=1S/C19H18FN5O/c1-25(11-8-14-6-9-21-10-7-14)19(26)17-12-23-18(13-22-17)24-16-5-3-2-4-15(16)20/h2-7,9-10,12-13H,8,11H2,1H3,(H,23,24). The molecule has 0 spiro atoms. The second kappa shape index (κ2) is 8.15. The number of halogens is 1. The van der Waals surface area contributed by atoms with E-state index in [9.17, 15) is 9.18 Å². The van der Waals surface area contributed by atoms with Crippen molar-refractivity contribution in [2.75, 3.05) is 18.9 Å². The third kappa shape index (κ3) is 4.38. The Kier molecular flexibility index (Phi) is 5.48. The van der Waals surface area contributed by atoms with Crippen LogP contribution >= 0.6 is 0 Å². The second-order valence-electron chi connectivity index (χ2n) is 5.72. The molecule has 3 rings (SSSR count). The number of hydrogen-bond donors (Lipinski definition) is 1. The lowest BCUT2D eigenvalue weighted by atomic mass is 10.2. The van der Waals surface area contributed by atoms with E-state index in [2.05, 4.69) is 20.3 Å². The molecule has 0 bridgehead atoms. The molecule has 1 amide bonds. The van der Waals surface area contributed by atoms with Crippen LogP contribution < -0.4 is 5.32 Å². The second-order valence-corrected chi connectivity index (χ2v) is 5.72. The number of carbonyl (C=O) groups is 1. The van der Waals surface area contributed by atoms with Crippen molar-refractivity contribution < 1.29 is 9.18 Å². The molecule has 0 atom stereocenters. The van der Waals surface area contributed by atoms with Gasteiger partial charge in [-0.15, -0.1) is 0 Å². The van der Waals surface area contributed by atoms with E-state index in [1.54, 1.807) is 42.5 Å². The molecule has 0 saturated carbocycles. The fraction of sp³-hybridized carbons (Fsp3) is 0.158. The highest BCUT2D eigenvalue weighted by atomic mass is 19.1. The molecule has 132 valence electrons. The number of anilines is 2. The normalized spacial score (nSPS) is 10.4.